The van der Waals surface area contributed by atoms with Crippen LogP contribution in [-0.2, 0) is 17.8 Å². The van der Waals surface area contributed by atoms with E-state index < -0.39 is 12.0 Å². The van der Waals surface area contributed by atoms with Gasteiger partial charge < -0.3 is 15.3 Å². The molecule has 1 aromatic carbocycles. The van der Waals surface area contributed by atoms with Crippen molar-refractivity contribution in [2.45, 2.75) is 38.3 Å². The lowest BCUT2D eigenvalue weighted by Crippen LogP contribution is -2.48. The number of carboxylic acids is 1. The molecule has 0 unspecified atom stereocenters. The van der Waals surface area contributed by atoms with Crippen molar-refractivity contribution in [1.82, 2.24) is 10.2 Å². The zero-order chi connectivity index (χ0) is 14.8. The minimum atomic E-state index is -0.900. The second-order valence-corrected chi connectivity index (χ2v) is 5.76. The molecule has 1 amide bonds. The summed E-state index contributed by atoms with van der Waals surface area (Å²) < 4.78 is 0. The first-order chi connectivity index (χ1) is 10.2. The van der Waals surface area contributed by atoms with E-state index in [-0.39, 0.29) is 5.91 Å². The number of carbonyl (C=O) groups excluding carboxylic acids is 1. The number of benzene rings is 1. The number of carbonyl (C=O) groups is 2. The molecule has 0 aromatic heterocycles. The smallest absolute Gasteiger partial charge is 0.326 e. The van der Waals surface area contributed by atoms with Crippen molar-refractivity contribution in [2.75, 3.05) is 13.1 Å². The van der Waals surface area contributed by atoms with Crippen LogP contribution < -0.4 is 5.32 Å². The molecular formula is C16H20N2O3. The Morgan fingerprint density at radius 1 is 1.24 bits per heavy atom. The van der Waals surface area contributed by atoms with Gasteiger partial charge in [-0.15, -0.1) is 0 Å². The predicted molar refractivity (Wildman–Crippen MR) is 78.2 cm³/mol. The maximum absolute atomic E-state index is 12.6. The monoisotopic (exact) mass is 288 g/mol. The van der Waals surface area contributed by atoms with Gasteiger partial charge >= 0.3 is 5.97 Å². The Balaban J connectivity index is 1.85. The molecule has 21 heavy (non-hydrogen) atoms. The van der Waals surface area contributed by atoms with E-state index in [1.165, 1.54) is 10.5 Å². The summed E-state index contributed by atoms with van der Waals surface area (Å²) in [4.78, 5) is 25.5. The number of likely N-dealkylation sites (tertiary alicyclic amines) is 1. The number of aliphatic carboxylic acids is 1. The zero-order valence-corrected chi connectivity index (χ0v) is 12.0. The van der Waals surface area contributed by atoms with Crippen LogP contribution in [0.4, 0.5) is 0 Å². The van der Waals surface area contributed by atoms with Gasteiger partial charge in [-0.3, -0.25) is 4.79 Å². The van der Waals surface area contributed by atoms with E-state index in [0.29, 0.717) is 18.5 Å². The number of nitrogens with zero attached hydrogens (tertiary/aromatic N) is 1. The maximum Gasteiger partial charge on any atom is 0.326 e. The molecule has 0 aliphatic carbocycles. The van der Waals surface area contributed by atoms with E-state index in [1.807, 2.05) is 18.2 Å². The Kier molecular flexibility index (Phi) is 3.92. The van der Waals surface area contributed by atoms with Crippen LogP contribution >= 0.6 is 0 Å². The molecule has 1 saturated heterocycles. The quantitative estimate of drug-likeness (QED) is 0.863. The van der Waals surface area contributed by atoms with Gasteiger partial charge in [0.25, 0.3) is 5.91 Å². The van der Waals surface area contributed by atoms with Crippen molar-refractivity contribution < 1.29 is 14.7 Å². The van der Waals surface area contributed by atoms with Gasteiger partial charge in [-0.25, -0.2) is 4.79 Å². The standard InChI is InChI=1S/C16H20N2O3/c19-15(18-8-2-1-3-14(18)16(20)21)12-5-4-11-6-7-17-10-13(11)9-12/h4-5,9,14,17H,1-3,6-8,10H2,(H,20,21)/t14-/m1/s1. The van der Waals surface area contributed by atoms with E-state index in [9.17, 15) is 14.7 Å². The fourth-order valence-corrected chi connectivity index (χ4v) is 3.21. The molecule has 1 aromatic rings. The molecule has 0 radical (unpaired) electrons. The third-order valence-electron chi connectivity index (χ3n) is 4.39. The number of nitrogens with one attached hydrogen (secondary N) is 1. The summed E-state index contributed by atoms with van der Waals surface area (Å²) in [6, 6.07) is 5.07. The van der Waals surface area contributed by atoms with Crippen molar-refractivity contribution in [3.05, 3.63) is 34.9 Å². The van der Waals surface area contributed by atoms with Crippen LogP contribution in [0.5, 0.6) is 0 Å². The van der Waals surface area contributed by atoms with Crippen LogP contribution in [-0.4, -0.2) is 41.0 Å². The molecular weight excluding hydrogens is 268 g/mol. The normalized spacial score (nSPS) is 21.7. The lowest BCUT2D eigenvalue weighted by Gasteiger charge is -2.33. The molecule has 0 spiro atoms. The summed E-state index contributed by atoms with van der Waals surface area (Å²) in [5.41, 5.74) is 3.03. The Hall–Kier alpha value is -1.88. The molecule has 0 saturated carbocycles. The first-order valence-corrected chi connectivity index (χ1v) is 7.53. The zero-order valence-electron chi connectivity index (χ0n) is 12.0. The summed E-state index contributed by atoms with van der Waals surface area (Å²) in [7, 11) is 0. The van der Waals surface area contributed by atoms with Crippen molar-refractivity contribution in [2.24, 2.45) is 0 Å². The molecule has 5 heteroatoms. The Morgan fingerprint density at radius 3 is 2.90 bits per heavy atom. The predicted octanol–water partition coefficient (Wildman–Crippen LogP) is 1.41. The van der Waals surface area contributed by atoms with Crippen LogP contribution in [0.1, 0.15) is 40.7 Å². The highest BCUT2D eigenvalue weighted by molar-refractivity contribution is 5.97. The molecule has 0 bridgehead atoms. The van der Waals surface area contributed by atoms with Crippen molar-refractivity contribution >= 4 is 11.9 Å². The number of hydrogen-bond acceptors (Lipinski definition) is 3. The van der Waals surface area contributed by atoms with Gasteiger partial charge in [-0.1, -0.05) is 6.07 Å². The Morgan fingerprint density at radius 2 is 2.10 bits per heavy atom. The summed E-state index contributed by atoms with van der Waals surface area (Å²) in [6.45, 7) is 2.28. The van der Waals surface area contributed by atoms with Gasteiger partial charge in [-0.05, 0) is 55.5 Å². The molecule has 2 aliphatic rings. The lowest BCUT2D eigenvalue weighted by atomic mass is 9.96. The number of carboxylic acid groups (broad SMARTS) is 1. The number of fused-ring (bicyclic) bond motifs is 1. The highest BCUT2D eigenvalue weighted by Gasteiger charge is 2.32. The average molecular weight is 288 g/mol. The van der Waals surface area contributed by atoms with E-state index >= 15 is 0 Å². The van der Waals surface area contributed by atoms with Crippen LogP contribution in [0, 0.1) is 0 Å². The number of hydrogen-bond donors (Lipinski definition) is 2. The van der Waals surface area contributed by atoms with Crippen LogP contribution in [0.3, 0.4) is 0 Å². The van der Waals surface area contributed by atoms with Crippen molar-refractivity contribution in [3.63, 3.8) is 0 Å². The number of piperidine rings is 1. The number of rotatable bonds is 2. The summed E-state index contributed by atoms with van der Waals surface area (Å²) >= 11 is 0. The van der Waals surface area contributed by atoms with Crippen LogP contribution in [0.15, 0.2) is 18.2 Å². The largest absolute Gasteiger partial charge is 0.480 e. The van der Waals surface area contributed by atoms with Gasteiger partial charge in [0.05, 0.1) is 0 Å². The fourth-order valence-electron chi connectivity index (χ4n) is 3.21. The number of amides is 1. The van der Waals surface area contributed by atoms with E-state index in [0.717, 1.165) is 37.9 Å². The molecule has 5 nitrogen and oxygen atoms in total. The molecule has 1 atom stereocenters. The van der Waals surface area contributed by atoms with Gasteiger partial charge in [-0.2, -0.15) is 0 Å². The topological polar surface area (TPSA) is 69.6 Å². The lowest BCUT2D eigenvalue weighted by molar-refractivity contribution is -0.143. The molecule has 112 valence electrons. The first-order valence-electron chi connectivity index (χ1n) is 7.53. The fraction of sp³-hybridized carbons (Fsp3) is 0.500. The molecule has 2 heterocycles. The minimum Gasteiger partial charge on any atom is -0.480 e. The summed E-state index contributed by atoms with van der Waals surface area (Å²) in [5.74, 6) is -1.06. The minimum absolute atomic E-state index is 0.157. The summed E-state index contributed by atoms with van der Waals surface area (Å²) in [5, 5.41) is 12.6. The van der Waals surface area contributed by atoms with Gasteiger partial charge in [0.2, 0.25) is 0 Å². The molecule has 2 N–H and O–H groups in total. The van der Waals surface area contributed by atoms with E-state index in [2.05, 4.69) is 5.32 Å². The van der Waals surface area contributed by atoms with Crippen LogP contribution in [0.2, 0.25) is 0 Å². The second kappa shape index (κ2) is 5.85. The van der Waals surface area contributed by atoms with E-state index in [4.69, 9.17) is 0 Å². The SMILES string of the molecule is O=C(O)[C@H]1CCCCN1C(=O)c1ccc2c(c1)CNCC2. The highest BCUT2D eigenvalue weighted by atomic mass is 16.4. The Labute approximate surface area is 123 Å². The first kappa shape index (κ1) is 14.1. The molecule has 1 fully saturated rings. The summed E-state index contributed by atoms with van der Waals surface area (Å²) in [6.07, 6.45) is 3.27. The third-order valence-corrected chi connectivity index (χ3v) is 4.39. The van der Waals surface area contributed by atoms with Gasteiger partial charge in [0.1, 0.15) is 6.04 Å². The van der Waals surface area contributed by atoms with Crippen LogP contribution in [0.25, 0.3) is 0 Å². The average Bonchev–Trinajstić information content (AvgIpc) is 2.53. The van der Waals surface area contributed by atoms with Gasteiger partial charge in [0.15, 0.2) is 0 Å². The Bertz CT molecular complexity index is 571. The van der Waals surface area contributed by atoms with Crippen molar-refractivity contribution in [3.8, 4) is 0 Å². The molecule has 2 aliphatic heterocycles. The second-order valence-electron chi connectivity index (χ2n) is 5.76. The third kappa shape index (κ3) is 2.78. The van der Waals surface area contributed by atoms with Crippen molar-refractivity contribution in [1.29, 1.82) is 0 Å². The molecule has 3 rings (SSSR count). The van der Waals surface area contributed by atoms with Gasteiger partial charge in [0, 0.05) is 18.7 Å². The highest BCUT2D eigenvalue weighted by Crippen LogP contribution is 2.22. The van der Waals surface area contributed by atoms with E-state index in [1.54, 1.807) is 0 Å². The maximum atomic E-state index is 12.6.